The van der Waals surface area contributed by atoms with Crippen LogP contribution in [-0.4, -0.2) is 29.7 Å². The first kappa shape index (κ1) is 16.7. The third-order valence-corrected chi connectivity index (χ3v) is 4.53. The van der Waals surface area contributed by atoms with Crippen molar-refractivity contribution in [1.29, 1.82) is 0 Å². The van der Waals surface area contributed by atoms with E-state index in [2.05, 4.69) is 26.0 Å². The van der Waals surface area contributed by atoms with Crippen LogP contribution in [0.15, 0.2) is 30.3 Å². The quantitative estimate of drug-likeness (QED) is 0.803. The lowest BCUT2D eigenvalue weighted by Gasteiger charge is -2.25. The largest absolute Gasteiger partial charge is 0.342 e. The van der Waals surface area contributed by atoms with E-state index in [-0.39, 0.29) is 17.1 Å². The van der Waals surface area contributed by atoms with E-state index in [0.717, 1.165) is 25.8 Å². The van der Waals surface area contributed by atoms with Crippen LogP contribution in [0.3, 0.4) is 0 Å². The zero-order chi connectivity index (χ0) is 16.0. The number of Topliss-reactive ketones (excluding diaryl/α,β-unsaturated/α-hetero) is 1. The van der Waals surface area contributed by atoms with Crippen molar-refractivity contribution in [1.82, 2.24) is 4.90 Å². The minimum Gasteiger partial charge on any atom is -0.342 e. The van der Waals surface area contributed by atoms with Crippen molar-refractivity contribution in [2.24, 2.45) is 0 Å². The molecule has 0 saturated carbocycles. The second-order valence-corrected chi connectivity index (χ2v) is 6.91. The molecule has 2 rings (SSSR count). The highest BCUT2D eigenvalue weighted by molar-refractivity contribution is 5.81. The molecule has 1 heterocycles. The molecule has 3 heteroatoms. The molecule has 0 atom stereocenters. The first-order chi connectivity index (χ1) is 10.5. The summed E-state index contributed by atoms with van der Waals surface area (Å²) in [6, 6.07) is 10.2. The number of carbonyl (C=O) groups excluding carboxylic acids is 2. The molecule has 1 aromatic rings. The summed E-state index contributed by atoms with van der Waals surface area (Å²) in [6.45, 7) is 5.62. The maximum atomic E-state index is 12.3. The Balaban J connectivity index is 1.86. The van der Waals surface area contributed by atoms with Gasteiger partial charge in [0.15, 0.2) is 0 Å². The molecule has 1 aromatic carbocycles. The van der Waals surface area contributed by atoms with Gasteiger partial charge < -0.3 is 4.90 Å². The minimum absolute atomic E-state index is 0.152. The van der Waals surface area contributed by atoms with Gasteiger partial charge in [0.25, 0.3) is 0 Å². The van der Waals surface area contributed by atoms with E-state index in [1.54, 1.807) is 0 Å². The zero-order valence-electron chi connectivity index (χ0n) is 13.8. The van der Waals surface area contributed by atoms with Gasteiger partial charge in [-0.25, -0.2) is 0 Å². The second-order valence-electron chi connectivity index (χ2n) is 6.91. The molecule has 0 aliphatic carbocycles. The van der Waals surface area contributed by atoms with Gasteiger partial charge in [0, 0.05) is 32.4 Å². The SMILES string of the molecule is CC(C)(CC(=O)CCN1CCCCCC1=O)c1ccccc1. The van der Waals surface area contributed by atoms with Gasteiger partial charge in [-0.05, 0) is 23.8 Å². The van der Waals surface area contributed by atoms with Crippen LogP contribution in [0.4, 0.5) is 0 Å². The van der Waals surface area contributed by atoms with Gasteiger partial charge in [-0.15, -0.1) is 0 Å². The third-order valence-electron chi connectivity index (χ3n) is 4.53. The number of rotatable bonds is 6. The van der Waals surface area contributed by atoms with Gasteiger partial charge >= 0.3 is 0 Å². The summed E-state index contributed by atoms with van der Waals surface area (Å²) in [4.78, 5) is 26.2. The van der Waals surface area contributed by atoms with Crippen molar-refractivity contribution in [3.8, 4) is 0 Å². The van der Waals surface area contributed by atoms with Gasteiger partial charge in [0.05, 0.1) is 0 Å². The van der Waals surface area contributed by atoms with E-state index < -0.39 is 0 Å². The van der Waals surface area contributed by atoms with Crippen LogP contribution in [-0.2, 0) is 15.0 Å². The Bertz CT molecular complexity index is 507. The van der Waals surface area contributed by atoms with Crippen molar-refractivity contribution in [2.45, 2.75) is 57.8 Å². The number of benzene rings is 1. The van der Waals surface area contributed by atoms with Crippen LogP contribution in [0.25, 0.3) is 0 Å². The normalized spacial score (nSPS) is 16.5. The number of carbonyl (C=O) groups is 2. The smallest absolute Gasteiger partial charge is 0.222 e. The molecule has 120 valence electrons. The summed E-state index contributed by atoms with van der Waals surface area (Å²) in [5.74, 6) is 0.457. The second kappa shape index (κ2) is 7.57. The third kappa shape index (κ3) is 4.69. The maximum absolute atomic E-state index is 12.3. The van der Waals surface area contributed by atoms with E-state index >= 15 is 0 Å². The molecule has 0 spiro atoms. The Labute approximate surface area is 133 Å². The Hall–Kier alpha value is -1.64. The van der Waals surface area contributed by atoms with Crippen LogP contribution < -0.4 is 0 Å². The summed E-state index contributed by atoms with van der Waals surface area (Å²) in [6.07, 6.45) is 4.82. The average molecular weight is 301 g/mol. The number of nitrogens with zero attached hydrogens (tertiary/aromatic N) is 1. The highest BCUT2D eigenvalue weighted by atomic mass is 16.2. The van der Waals surface area contributed by atoms with Crippen molar-refractivity contribution in [3.05, 3.63) is 35.9 Å². The molecule has 1 fully saturated rings. The van der Waals surface area contributed by atoms with Gasteiger partial charge in [-0.3, -0.25) is 9.59 Å². The Kier molecular flexibility index (Phi) is 5.76. The summed E-state index contributed by atoms with van der Waals surface area (Å²) in [5, 5.41) is 0. The lowest BCUT2D eigenvalue weighted by Crippen LogP contribution is -2.33. The monoisotopic (exact) mass is 301 g/mol. The van der Waals surface area contributed by atoms with Crippen molar-refractivity contribution in [2.75, 3.05) is 13.1 Å². The highest BCUT2D eigenvalue weighted by Gasteiger charge is 2.24. The number of hydrogen-bond donors (Lipinski definition) is 0. The fourth-order valence-electron chi connectivity index (χ4n) is 3.11. The first-order valence-electron chi connectivity index (χ1n) is 8.34. The minimum atomic E-state index is -0.152. The fraction of sp³-hybridized carbons (Fsp3) is 0.579. The van der Waals surface area contributed by atoms with Crippen LogP contribution in [0, 0.1) is 0 Å². The summed E-state index contributed by atoms with van der Waals surface area (Å²) in [7, 11) is 0. The van der Waals surface area contributed by atoms with E-state index in [0.29, 0.717) is 25.8 Å². The summed E-state index contributed by atoms with van der Waals surface area (Å²) in [5.41, 5.74) is 1.04. The predicted molar refractivity (Wildman–Crippen MR) is 88.8 cm³/mol. The molecule has 0 bridgehead atoms. The molecule has 1 aliphatic rings. The molecule has 0 unspecified atom stereocenters. The number of likely N-dealkylation sites (tertiary alicyclic amines) is 1. The van der Waals surface area contributed by atoms with Crippen LogP contribution in [0.2, 0.25) is 0 Å². The van der Waals surface area contributed by atoms with Gasteiger partial charge in [-0.2, -0.15) is 0 Å². The van der Waals surface area contributed by atoms with E-state index in [1.807, 2.05) is 23.1 Å². The molecule has 1 aliphatic heterocycles. The Morgan fingerprint density at radius 1 is 1.14 bits per heavy atom. The standard InChI is InChI=1S/C19H27NO2/c1-19(2,16-9-5-3-6-10-16)15-17(21)12-14-20-13-8-4-7-11-18(20)22/h3,5-6,9-10H,4,7-8,11-15H2,1-2H3. The average Bonchev–Trinajstić information content (AvgIpc) is 2.70. The van der Waals surface area contributed by atoms with Gasteiger partial charge in [0.1, 0.15) is 5.78 Å². The van der Waals surface area contributed by atoms with Crippen molar-refractivity contribution >= 4 is 11.7 Å². The van der Waals surface area contributed by atoms with Crippen molar-refractivity contribution in [3.63, 3.8) is 0 Å². The predicted octanol–water partition coefficient (Wildman–Crippen LogP) is 3.72. The first-order valence-corrected chi connectivity index (χ1v) is 8.34. The molecule has 0 N–H and O–H groups in total. The number of amides is 1. The zero-order valence-corrected chi connectivity index (χ0v) is 13.8. The van der Waals surface area contributed by atoms with E-state index in [4.69, 9.17) is 0 Å². The molecule has 1 saturated heterocycles. The van der Waals surface area contributed by atoms with E-state index in [9.17, 15) is 9.59 Å². The molecule has 0 radical (unpaired) electrons. The highest BCUT2D eigenvalue weighted by Crippen LogP contribution is 2.27. The molecular weight excluding hydrogens is 274 g/mol. The number of ketones is 1. The lowest BCUT2D eigenvalue weighted by molar-refractivity contribution is -0.131. The lowest BCUT2D eigenvalue weighted by atomic mass is 9.80. The number of hydrogen-bond acceptors (Lipinski definition) is 2. The molecule has 22 heavy (non-hydrogen) atoms. The molecule has 3 nitrogen and oxygen atoms in total. The van der Waals surface area contributed by atoms with E-state index in [1.165, 1.54) is 5.56 Å². The van der Waals surface area contributed by atoms with Crippen LogP contribution in [0.1, 0.15) is 57.9 Å². The van der Waals surface area contributed by atoms with Gasteiger partial charge in [0.2, 0.25) is 5.91 Å². The summed E-state index contributed by atoms with van der Waals surface area (Å²) >= 11 is 0. The Morgan fingerprint density at radius 3 is 2.59 bits per heavy atom. The fourth-order valence-corrected chi connectivity index (χ4v) is 3.11. The molecule has 1 amide bonds. The van der Waals surface area contributed by atoms with Crippen LogP contribution in [0.5, 0.6) is 0 Å². The van der Waals surface area contributed by atoms with Crippen LogP contribution >= 0.6 is 0 Å². The van der Waals surface area contributed by atoms with Crippen molar-refractivity contribution < 1.29 is 9.59 Å². The molecular formula is C19H27NO2. The summed E-state index contributed by atoms with van der Waals surface area (Å²) < 4.78 is 0. The topological polar surface area (TPSA) is 37.4 Å². The maximum Gasteiger partial charge on any atom is 0.222 e. The molecule has 0 aromatic heterocycles. The Morgan fingerprint density at radius 2 is 1.86 bits per heavy atom. The van der Waals surface area contributed by atoms with Gasteiger partial charge in [-0.1, -0.05) is 50.6 Å².